The number of nitrogens with one attached hydrogen (secondary N) is 2. The number of ether oxygens (including phenoxy) is 1. The predicted octanol–water partition coefficient (Wildman–Crippen LogP) is 3.27. The molecule has 1 atom stereocenters. The molecular formula is C38H46N6O10. The molecule has 54 heavy (non-hydrogen) atoms. The number of benzene rings is 2. The van der Waals surface area contributed by atoms with Gasteiger partial charge in [0.2, 0.25) is 0 Å². The number of piperidine rings is 3. The molecule has 4 N–H and O–H groups in total. The van der Waals surface area contributed by atoms with Gasteiger partial charge in [-0.15, -0.1) is 0 Å². The van der Waals surface area contributed by atoms with E-state index in [1.165, 1.54) is 4.90 Å². The van der Waals surface area contributed by atoms with Crippen molar-refractivity contribution >= 4 is 46.8 Å². The number of nitrogens with zero attached hydrogens (tertiary/aromatic N) is 4. The Morgan fingerprint density at radius 1 is 0.926 bits per heavy atom. The summed E-state index contributed by atoms with van der Waals surface area (Å²) in [5, 5.41) is 22.8. The van der Waals surface area contributed by atoms with E-state index in [9.17, 15) is 39.0 Å². The van der Waals surface area contributed by atoms with E-state index in [1.807, 2.05) is 34.1 Å². The second kappa shape index (κ2) is 15.2. The summed E-state index contributed by atoms with van der Waals surface area (Å²) in [4.78, 5) is 86.7. The van der Waals surface area contributed by atoms with Crippen LogP contribution < -0.4 is 11.1 Å². The number of aryl methyl sites for hydroxylation is 1. The average Bonchev–Trinajstić information content (AvgIpc) is 3.46. The number of oxazole rings is 1. The highest BCUT2D eigenvalue weighted by atomic mass is 16.6. The first-order chi connectivity index (χ1) is 25.9. The van der Waals surface area contributed by atoms with Crippen LogP contribution in [0.1, 0.15) is 55.2 Å². The normalized spacial score (nSPS) is 20.5. The topological polar surface area (TPSA) is 206 Å². The Bertz CT molecular complexity index is 1980. The summed E-state index contributed by atoms with van der Waals surface area (Å²) in [6, 6.07) is 10.9. The molecular weight excluding hydrogens is 700 g/mol. The van der Waals surface area contributed by atoms with E-state index in [1.54, 1.807) is 24.0 Å². The third-order valence-corrected chi connectivity index (χ3v) is 11.8. The molecule has 16 heteroatoms. The minimum Gasteiger partial charge on any atom is -0.481 e. The minimum atomic E-state index is -1.25. The first-order valence-corrected chi connectivity index (χ1v) is 18.7. The zero-order valence-corrected chi connectivity index (χ0v) is 30.3. The lowest BCUT2D eigenvalue weighted by atomic mass is 9.82. The van der Waals surface area contributed by atoms with Crippen LogP contribution in [0.5, 0.6) is 0 Å². The van der Waals surface area contributed by atoms with E-state index in [0.29, 0.717) is 87.1 Å². The molecule has 3 saturated heterocycles. The van der Waals surface area contributed by atoms with Gasteiger partial charge in [0.1, 0.15) is 5.54 Å². The zero-order valence-electron chi connectivity index (χ0n) is 30.3. The zero-order chi connectivity index (χ0) is 38.1. The van der Waals surface area contributed by atoms with Crippen molar-refractivity contribution in [1.82, 2.24) is 24.6 Å². The van der Waals surface area contributed by atoms with Gasteiger partial charge in [0.05, 0.1) is 11.4 Å². The molecule has 3 aromatic rings. The van der Waals surface area contributed by atoms with Crippen molar-refractivity contribution in [2.24, 2.45) is 5.92 Å². The number of amides is 4. The SMILES string of the molecule is Cc1cc(C[C@@H](OC(=O)N2CCC(N3CCc4ccccc4NC3=O)CC2)C(=O)N2CCC(C(=O)O)(N3CCC(C(=O)O)CC3)CC2)cc2oc(=O)[nH]c12. The van der Waals surface area contributed by atoms with Gasteiger partial charge < -0.3 is 39.4 Å². The third kappa shape index (κ3) is 7.39. The lowest BCUT2D eigenvalue weighted by Crippen LogP contribution is -2.63. The van der Waals surface area contributed by atoms with E-state index in [0.717, 1.165) is 11.3 Å². The molecule has 4 aliphatic heterocycles. The van der Waals surface area contributed by atoms with Crippen LogP contribution in [0.25, 0.3) is 11.1 Å². The number of fused-ring (bicyclic) bond motifs is 2. The smallest absolute Gasteiger partial charge is 0.417 e. The molecule has 4 amide bonds. The number of carbonyl (C=O) groups excluding carboxylic acids is 3. The third-order valence-electron chi connectivity index (χ3n) is 11.8. The fourth-order valence-electron chi connectivity index (χ4n) is 8.62. The molecule has 4 aliphatic rings. The van der Waals surface area contributed by atoms with Gasteiger partial charge in [0.25, 0.3) is 5.91 Å². The minimum absolute atomic E-state index is 0.00943. The van der Waals surface area contributed by atoms with Gasteiger partial charge in [-0.1, -0.05) is 24.3 Å². The number of carbonyl (C=O) groups is 5. The molecule has 0 aliphatic carbocycles. The average molecular weight is 747 g/mol. The second-order valence-corrected chi connectivity index (χ2v) is 14.9. The number of aliphatic carboxylic acids is 2. The lowest BCUT2D eigenvalue weighted by Gasteiger charge is -2.48. The molecule has 288 valence electrons. The number of urea groups is 1. The van der Waals surface area contributed by atoms with Gasteiger partial charge >= 0.3 is 29.8 Å². The number of likely N-dealkylation sites (tertiary alicyclic amines) is 3. The van der Waals surface area contributed by atoms with Crippen molar-refractivity contribution in [3.05, 3.63) is 63.6 Å². The number of carboxylic acid groups (broad SMARTS) is 2. The Kier molecular flexibility index (Phi) is 10.4. The van der Waals surface area contributed by atoms with Crippen molar-refractivity contribution < 1.29 is 43.3 Å². The Balaban J connectivity index is 1.03. The highest BCUT2D eigenvalue weighted by Gasteiger charge is 2.49. The van der Waals surface area contributed by atoms with Gasteiger partial charge in [-0.2, -0.15) is 0 Å². The summed E-state index contributed by atoms with van der Waals surface area (Å²) in [6.07, 6.45) is 0.832. The number of hydrogen-bond acceptors (Lipinski definition) is 9. The maximum Gasteiger partial charge on any atom is 0.417 e. The summed E-state index contributed by atoms with van der Waals surface area (Å²) >= 11 is 0. The number of H-pyrrole nitrogens is 1. The molecule has 2 aromatic carbocycles. The molecule has 3 fully saturated rings. The fraction of sp³-hybridized carbons (Fsp3) is 0.526. The molecule has 16 nitrogen and oxygen atoms in total. The van der Waals surface area contributed by atoms with Crippen molar-refractivity contribution in [3.63, 3.8) is 0 Å². The highest BCUT2D eigenvalue weighted by Crippen LogP contribution is 2.34. The Hall–Kier alpha value is -5.38. The number of para-hydroxylation sites is 1. The second-order valence-electron chi connectivity index (χ2n) is 14.9. The first-order valence-electron chi connectivity index (χ1n) is 18.7. The number of carboxylic acids is 2. The maximum atomic E-state index is 14.2. The molecule has 5 heterocycles. The number of hydrogen-bond donors (Lipinski definition) is 4. The van der Waals surface area contributed by atoms with E-state index in [2.05, 4.69) is 10.3 Å². The molecule has 0 saturated carbocycles. The summed E-state index contributed by atoms with van der Waals surface area (Å²) in [5.74, 6) is -3.47. The van der Waals surface area contributed by atoms with Crippen LogP contribution in [0, 0.1) is 12.8 Å². The van der Waals surface area contributed by atoms with E-state index in [4.69, 9.17) is 9.15 Å². The molecule has 7 rings (SSSR count). The number of aromatic amines is 1. The van der Waals surface area contributed by atoms with Crippen LogP contribution >= 0.6 is 0 Å². The predicted molar refractivity (Wildman–Crippen MR) is 194 cm³/mol. The van der Waals surface area contributed by atoms with Crippen LogP contribution in [0.3, 0.4) is 0 Å². The van der Waals surface area contributed by atoms with Gasteiger partial charge in [0, 0.05) is 64.0 Å². The summed E-state index contributed by atoms with van der Waals surface area (Å²) in [6.45, 7) is 3.88. The lowest BCUT2D eigenvalue weighted by molar-refractivity contribution is -0.161. The van der Waals surface area contributed by atoms with E-state index in [-0.39, 0.29) is 44.4 Å². The number of anilines is 1. The Labute approximate surface area is 311 Å². The summed E-state index contributed by atoms with van der Waals surface area (Å²) in [5.41, 5.74) is 2.80. The highest BCUT2D eigenvalue weighted by molar-refractivity contribution is 5.91. The van der Waals surface area contributed by atoms with Crippen molar-refractivity contribution in [3.8, 4) is 0 Å². The summed E-state index contributed by atoms with van der Waals surface area (Å²) in [7, 11) is 0. The number of aromatic nitrogens is 1. The van der Waals surface area contributed by atoms with Crippen LogP contribution in [0.4, 0.5) is 15.3 Å². The van der Waals surface area contributed by atoms with Gasteiger partial charge in [-0.25, -0.2) is 14.4 Å². The van der Waals surface area contributed by atoms with Crippen LogP contribution in [0.2, 0.25) is 0 Å². The molecule has 1 aromatic heterocycles. The van der Waals surface area contributed by atoms with Gasteiger partial charge in [0.15, 0.2) is 11.7 Å². The Morgan fingerprint density at radius 2 is 1.63 bits per heavy atom. The van der Waals surface area contributed by atoms with Gasteiger partial charge in [-0.3, -0.25) is 24.3 Å². The first kappa shape index (κ1) is 37.0. The number of rotatable bonds is 8. The standard InChI is InChI=1S/C38H46N6O10/c1-23-20-24(21-29-31(23)40-36(51)53-29)22-30(32(45)41-18-11-38(12-19-41,34(48)49)43-15-6-26(7-16-43)33(46)47)54-37(52)42-13-9-27(10-14-42)44-17-8-25-4-2-3-5-28(25)39-35(44)50/h2-5,20-21,26-27,30H,6-19,22H2,1H3,(H,39,50)(H,40,51)(H,46,47)(H,48,49)/t30-/m1/s1. The fourth-order valence-corrected chi connectivity index (χ4v) is 8.62. The maximum absolute atomic E-state index is 14.2. The van der Waals surface area contributed by atoms with Gasteiger partial charge in [-0.05, 0) is 80.7 Å². The largest absolute Gasteiger partial charge is 0.481 e. The quantitative estimate of drug-likeness (QED) is 0.263. The monoisotopic (exact) mass is 746 g/mol. The van der Waals surface area contributed by atoms with Crippen molar-refractivity contribution in [2.45, 2.75) is 76.0 Å². The molecule has 0 spiro atoms. The Morgan fingerprint density at radius 3 is 2.31 bits per heavy atom. The van der Waals surface area contributed by atoms with Crippen LogP contribution in [-0.2, 0) is 32.0 Å². The van der Waals surface area contributed by atoms with Crippen LogP contribution in [0.15, 0.2) is 45.6 Å². The van der Waals surface area contributed by atoms with E-state index >= 15 is 0 Å². The van der Waals surface area contributed by atoms with Crippen molar-refractivity contribution in [1.29, 1.82) is 0 Å². The molecule has 0 bridgehead atoms. The van der Waals surface area contributed by atoms with Crippen LogP contribution in [-0.4, -0.2) is 128 Å². The van der Waals surface area contributed by atoms with Crippen molar-refractivity contribution in [2.75, 3.05) is 51.1 Å². The summed E-state index contributed by atoms with van der Waals surface area (Å²) < 4.78 is 11.3. The van der Waals surface area contributed by atoms with E-state index < -0.39 is 47.3 Å². The molecule has 0 radical (unpaired) electrons. The molecule has 0 unspecified atom stereocenters.